The molecule has 0 atom stereocenters. The molecule has 1 aromatic heterocycles. The Labute approximate surface area is 163 Å². The van der Waals surface area contributed by atoms with Gasteiger partial charge in [-0.1, -0.05) is 0 Å². The lowest BCUT2D eigenvalue weighted by Crippen LogP contribution is -2.14. The average molecular weight is 378 g/mol. The second-order valence-corrected chi connectivity index (χ2v) is 6.26. The standard InChI is InChI=1S/C21H22N4O3/c1-14(2)28-18-10-6-15(7-11-18)23-20(26)19-12-13-22-21(25-19)24-16-4-8-17(27-3)9-5-16/h4-14H,1-3H3,(H,23,26)(H,22,24,25). The van der Waals surface area contributed by atoms with Crippen LogP contribution in [-0.4, -0.2) is 29.1 Å². The number of carbonyl (C=O) groups excluding carboxylic acids is 1. The molecule has 0 aliphatic heterocycles. The molecular formula is C21H22N4O3. The van der Waals surface area contributed by atoms with Crippen molar-refractivity contribution < 1.29 is 14.3 Å². The van der Waals surface area contributed by atoms with E-state index >= 15 is 0 Å². The van der Waals surface area contributed by atoms with Gasteiger partial charge in [-0.05, 0) is 68.4 Å². The smallest absolute Gasteiger partial charge is 0.274 e. The molecule has 3 rings (SSSR count). The lowest BCUT2D eigenvalue weighted by atomic mass is 10.3. The summed E-state index contributed by atoms with van der Waals surface area (Å²) in [6, 6.07) is 16.1. The maximum absolute atomic E-state index is 12.5. The van der Waals surface area contributed by atoms with E-state index in [1.54, 1.807) is 25.3 Å². The first-order valence-electron chi connectivity index (χ1n) is 8.85. The lowest BCUT2D eigenvalue weighted by molar-refractivity contribution is 0.102. The van der Waals surface area contributed by atoms with Crippen LogP contribution in [0, 0.1) is 0 Å². The quantitative estimate of drug-likeness (QED) is 0.639. The van der Waals surface area contributed by atoms with Crippen LogP contribution >= 0.6 is 0 Å². The molecular weight excluding hydrogens is 356 g/mol. The topological polar surface area (TPSA) is 85.4 Å². The first-order chi connectivity index (χ1) is 13.5. The predicted octanol–water partition coefficient (Wildman–Crippen LogP) is 4.27. The minimum Gasteiger partial charge on any atom is -0.497 e. The summed E-state index contributed by atoms with van der Waals surface area (Å²) >= 11 is 0. The highest BCUT2D eigenvalue weighted by atomic mass is 16.5. The van der Waals surface area contributed by atoms with Gasteiger partial charge in [-0.25, -0.2) is 9.97 Å². The summed E-state index contributed by atoms with van der Waals surface area (Å²) in [6.45, 7) is 3.92. The third-order valence-corrected chi connectivity index (χ3v) is 3.72. The van der Waals surface area contributed by atoms with Gasteiger partial charge in [-0.15, -0.1) is 0 Å². The van der Waals surface area contributed by atoms with Crippen LogP contribution in [0.25, 0.3) is 0 Å². The Hall–Kier alpha value is -3.61. The number of methoxy groups -OCH3 is 1. The number of ether oxygens (including phenoxy) is 2. The second-order valence-electron chi connectivity index (χ2n) is 6.26. The van der Waals surface area contributed by atoms with Gasteiger partial charge in [0.05, 0.1) is 13.2 Å². The molecule has 7 nitrogen and oxygen atoms in total. The van der Waals surface area contributed by atoms with Crippen LogP contribution in [0.4, 0.5) is 17.3 Å². The number of nitrogens with zero attached hydrogens (tertiary/aromatic N) is 2. The van der Waals surface area contributed by atoms with Crippen molar-refractivity contribution in [2.45, 2.75) is 20.0 Å². The molecule has 1 heterocycles. The SMILES string of the molecule is COc1ccc(Nc2nccc(C(=O)Nc3ccc(OC(C)C)cc3)n2)cc1. The van der Waals surface area contributed by atoms with Crippen molar-refractivity contribution in [3.63, 3.8) is 0 Å². The molecule has 0 unspecified atom stereocenters. The van der Waals surface area contributed by atoms with Crippen molar-refractivity contribution in [3.05, 3.63) is 66.5 Å². The third-order valence-electron chi connectivity index (χ3n) is 3.72. The van der Waals surface area contributed by atoms with Gasteiger partial charge >= 0.3 is 0 Å². The van der Waals surface area contributed by atoms with E-state index in [1.165, 1.54) is 6.20 Å². The first-order valence-corrected chi connectivity index (χ1v) is 8.85. The van der Waals surface area contributed by atoms with Crippen LogP contribution in [-0.2, 0) is 0 Å². The number of hydrogen-bond acceptors (Lipinski definition) is 6. The molecule has 0 aliphatic rings. The molecule has 0 aliphatic carbocycles. The summed E-state index contributed by atoms with van der Waals surface area (Å²) in [5.74, 6) is 1.52. The van der Waals surface area contributed by atoms with E-state index in [1.807, 2.05) is 50.2 Å². The Balaban J connectivity index is 1.66. The number of hydrogen-bond donors (Lipinski definition) is 2. The number of aromatic nitrogens is 2. The number of amides is 1. The first kappa shape index (κ1) is 19.2. The van der Waals surface area contributed by atoms with Crippen LogP contribution in [0.2, 0.25) is 0 Å². The Morgan fingerprint density at radius 2 is 1.57 bits per heavy atom. The minimum absolute atomic E-state index is 0.0954. The zero-order valence-electron chi connectivity index (χ0n) is 16.0. The summed E-state index contributed by atoms with van der Waals surface area (Å²) in [5, 5.41) is 5.88. The Morgan fingerprint density at radius 3 is 2.21 bits per heavy atom. The summed E-state index contributed by atoms with van der Waals surface area (Å²) in [7, 11) is 1.61. The Kier molecular flexibility index (Phi) is 6.06. The molecule has 28 heavy (non-hydrogen) atoms. The fraction of sp³-hybridized carbons (Fsp3) is 0.190. The van der Waals surface area contributed by atoms with E-state index in [4.69, 9.17) is 9.47 Å². The number of nitrogens with one attached hydrogen (secondary N) is 2. The van der Waals surface area contributed by atoms with Gasteiger partial charge in [0.15, 0.2) is 0 Å². The molecule has 0 radical (unpaired) electrons. The highest BCUT2D eigenvalue weighted by molar-refractivity contribution is 6.03. The fourth-order valence-electron chi connectivity index (χ4n) is 2.43. The van der Waals surface area contributed by atoms with Gasteiger partial charge in [0.25, 0.3) is 5.91 Å². The molecule has 2 aromatic carbocycles. The second kappa shape index (κ2) is 8.85. The molecule has 144 valence electrons. The van der Waals surface area contributed by atoms with Crippen LogP contribution in [0.3, 0.4) is 0 Å². The average Bonchev–Trinajstić information content (AvgIpc) is 2.70. The van der Waals surface area contributed by atoms with Gasteiger partial charge < -0.3 is 20.1 Å². The van der Waals surface area contributed by atoms with Crippen molar-refractivity contribution in [2.75, 3.05) is 17.7 Å². The highest BCUT2D eigenvalue weighted by Gasteiger charge is 2.10. The monoisotopic (exact) mass is 378 g/mol. The van der Waals surface area contributed by atoms with Crippen molar-refractivity contribution in [1.82, 2.24) is 9.97 Å². The highest BCUT2D eigenvalue weighted by Crippen LogP contribution is 2.19. The molecule has 0 saturated heterocycles. The van der Waals surface area contributed by atoms with Crippen molar-refractivity contribution in [3.8, 4) is 11.5 Å². The zero-order chi connectivity index (χ0) is 19.9. The van der Waals surface area contributed by atoms with Gasteiger partial charge in [0.2, 0.25) is 5.95 Å². The van der Waals surface area contributed by atoms with Crippen molar-refractivity contribution in [2.24, 2.45) is 0 Å². The van der Waals surface area contributed by atoms with E-state index in [-0.39, 0.29) is 17.7 Å². The number of benzene rings is 2. The van der Waals surface area contributed by atoms with Crippen LogP contribution in [0.5, 0.6) is 11.5 Å². The van der Waals surface area contributed by atoms with Gasteiger partial charge in [0.1, 0.15) is 17.2 Å². The van der Waals surface area contributed by atoms with Gasteiger partial charge in [-0.2, -0.15) is 0 Å². The molecule has 7 heteroatoms. The molecule has 0 saturated carbocycles. The third kappa shape index (κ3) is 5.20. The zero-order valence-corrected chi connectivity index (χ0v) is 16.0. The van der Waals surface area contributed by atoms with E-state index in [9.17, 15) is 4.79 Å². The summed E-state index contributed by atoms with van der Waals surface area (Å²) in [4.78, 5) is 20.9. The van der Waals surface area contributed by atoms with Crippen LogP contribution in [0.15, 0.2) is 60.8 Å². The van der Waals surface area contributed by atoms with Gasteiger partial charge in [0, 0.05) is 17.6 Å². The molecule has 0 fully saturated rings. The Morgan fingerprint density at radius 1 is 0.929 bits per heavy atom. The van der Waals surface area contributed by atoms with E-state index in [0.29, 0.717) is 11.6 Å². The molecule has 1 amide bonds. The fourth-order valence-corrected chi connectivity index (χ4v) is 2.43. The number of rotatable bonds is 7. The van der Waals surface area contributed by atoms with Crippen molar-refractivity contribution in [1.29, 1.82) is 0 Å². The summed E-state index contributed by atoms with van der Waals surface area (Å²) < 4.78 is 10.7. The minimum atomic E-state index is -0.322. The Bertz CT molecular complexity index is 925. The normalized spacial score (nSPS) is 10.4. The molecule has 0 spiro atoms. The number of carbonyl (C=O) groups is 1. The summed E-state index contributed by atoms with van der Waals surface area (Å²) in [5.41, 5.74) is 1.71. The van der Waals surface area contributed by atoms with Crippen LogP contribution in [0.1, 0.15) is 24.3 Å². The maximum atomic E-state index is 12.5. The van der Waals surface area contributed by atoms with E-state index < -0.39 is 0 Å². The van der Waals surface area contributed by atoms with E-state index in [0.717, 1.165) is 17.2 Å². The van der Waals surface area contributed by atoms with Crippen molar-refractivity contribution >= 4 is 23.2 Å². The summed E-state index contributed by atoms with van der Waals surface area (Å²) in [6.07, 6.45) is 1.63. The predicted molar refractivity (Wildman–Crippen MR) is 108 cm³/mol. The van der Waals surface area contributed by atoms with Gasteiger partial charge in [-0.3, -0.25) is 4.79 Å². The number of anilines is 3. The largest absolute Gasteiger partial charge is 0.497 e. The molecule has 2 N–H and O–H groups in total. The van der Waals surface area contributed by atoms with Crippen LogP contribution < -0.4 is 20.1 Å². The molecule has 3 aromatic rings. The van der Waals surface area contributed by atoms with E-state index in [2.05, 4.69) is 20.6 Å². The maximum Gasteiger partial charge on any atom is 0.274 e. The molecule has 0 bridgehead atoms. The lowest BCUT2D eigenvalue weighted by Gasteiger charge is -2.11.